The van der Waals surface area contributed by atoms with Crippen LogP contribution in [0.25, 0.3) is 0 Å². The molecule has 15 heteroatoms. The molecule has 3 aromatic carbocycles. The fourth-order valence-corrected chi connectivity index (χ4v) is 7.97. The van der Waals surface area contributed by atoms with Crippen molar-refractivity contribution in [1.82, 2.24) is 10.2 Å². The van der Waals surface area contributed by atoms with Crippen molar-refractivity contribution in [3.05, 3.63) is 122 Å². The SMILES string of the molecule is COc1ccccc1C(NCc1cccc(C(=O)O[C@@H](Cc2c(Cl)c[n+]([O-])cc2Cl)c2ccc(OC(F)F)c(OCC3CC3)c2)c1)C(=O)O[C@H]1CN2CCC1CC2. The average Bonchev–Trinajstić information content (AvgIpc) is 4.04. The summed E-state index contributed by atoms with van der Waals surface area (Å²) in [4.78, 5) is 30.1. The van der Waals surface area contributed by atoms with Crippen LogP contribution >= 0.6 is 23.2 Å². The van der Waals surface area contributed by atoms with Gasteiger partial charge < -0.3 is 28.9 Å². The number of esters is 2. The number of carbonyl (C=O) groups excluding carboxylic acids is 2. The highest BCUT2D eigenvalue weighted by molar-refractivity contribution is 6.35. The quantitative estimate of drug-likeness (QED) is 0.0646. The van der Waals surface area contributed by atoms with Gasteiger partial charge in [-0.25, -0.2) is 9.59 Å². The van der Waals surface area contributed by atoms with E-state index in [1.54, 1.807) is 31.4 Å². The van der Waals surface area contributed by atoms with Crippen LogP contribution in [0.2, 0.25) is 10.0 Å². The molecule has 1 aliphatic carbocycles. The number of methoxy groups -OCH3 is 1. The van der Waals surface area contributed by atoms with Gasteiger partial charge in [-0.2, -0.15) is 13.5 Å². The van der Waals surface area contributed by atoms with Gasteiger partial charge in [-0.05, 0) is 92.1 Å². The number of rotatable bonds is 17. The van der Waals surface area contributed by atoms with E-state index >= 15 is 0 Å². The van der Waals surface area contributed by atoms with E-state index in [0.29, 0.717) is 57.7 Å². The van der Waals surface area contributed by atoms with Gasteiger partial charge in [0.2, 0.25) is 0 Å². The Labute approximate surface area is 339 Å². The van der Waals surface area contributed by atoms with Gasteiger partial charge in [0, 0.05) is 30.6 Å². The van der Waals surface area contributed by atoms with Crippen LogP contribution in [0.1, 0.15) is 70.4 Å². The van der Waals surface area contributed by atoms with E-state index in [2.05, 4.69) is 10.2 Å². The van der Waals surface area contributed by atoms with Crippen molar-refractivity contribution >= 4 is 35.1 Å². The van der Waals surface area contributed by atoms with Crippen LogP contribution in [-0.4, -0.2) is 62.9 Å². The largest absolute Gasteiger partial charge is 0.619 e. The summed E-state index contributed by atoms with van der Waals surface area (Å²) in [6.45, 7) is 0.143. The second-order valence-electron chi connectivity index (χ2n) is 14.6. The molecule has 302 valence electrons. The molecule has 1 unspecified atom stereocenters. The number of pyridine rings is 1. The molecule has 1 aromatic heterocycles. The molecule has 4 aromatic rings. The molecule has 2 bridgehead atoms. The third-order valence-electron chi connectivity index (χ3n) is 10.6. The summed E-state index contributed by atoms with van der Waals surface area (Å²) in [6.07, 6.45) is 4.87. The number of halogens is 4. The first-order valence-electron chi connectivity index (χ1n) is 18.9. The predicted octanol–water partition coefficient (Wildman–Crippen LogP) is 7.63. The number of benzene rings is 3. The Morgan fingerprint density at radius 3 is 2.39 bits per heavy atom. The maximum absolute atomic E-state index is 13.9. The molecule has 8 rings (SSSR count). The molecule has 3 saturated heterocycles. The number of fused-ring (bicyclic) bond motifs is 3. The zero-order valence-electron chi connectivity index (χ0n) is 31.2. The van der Waals surface area contributed by atoms with E-state index in [-0.39, 0.29) is 46.2 Å². The lowest BCUT2D eigenvalue weighted by atomic mass is 9.86. The van der Waals surface area contributed by atoms with Gasteiger partial charge in [0.05, 0.1) is 19.3 Å². The number of ether oxygens (including phenoxy) is 5. The van der Waals surface area contributed by atoms with Gasteiger partial charge in [0.1, 0.15) is 34.0 Å². The lowest BCUT2D eigenvalue weighted by Gasteiger charge is -2.44. The molecule has 57 heavy (non-hydrogen) atoms. The number of carbonyl (C=O) groups is 2. The fourth-order valence-electron chi connectivity index (χ4n) is 7.37. The number of nitrogens with zero attached hydrogens (tertiary/aromatic N) is 2. The molecule has 0 spiro atoms. The fraction of sp³-hybridized carbons (Fsp3) is 0.405. The van der Waals surface area contributed by atoms with Crippen molar-refractivity contribution in [2.24, 2.45) is 11.8 Å². The highest BCUT2D eigenvalue weighted by Crippen LogP contribution is 2.38. The molecule has 0 amide bonds. The van der Waals surface area contributed by atoms with Crippen molar-refractivity contribution in [3.63, 3.8) is 0 Å². The summed E-state index contributed by atoms with van der Waals surface area (Å²) in [5.41, 5.74) is 2.22. The maximum Gasteiger partial charge on any atom is 0.387 e. The van der Waals surface area contributed by atoms with Crippen molar-refractivity contribution < 1.29 is 46.8 Å². The van der Waals surface area contributed by atoms with E-state index < -0.39 is 30.7 Å². The molecular formula is C42H43Cl2F2N3O8. The maximum atomic E-state index is 13.9. The minimum atomic E-state index is -3.09. The lowest BCUT2D eigenvalue weighted by Crippen LogP contribution is -2.52. The number of alkyl halides is 2. The molecule has 4 aliphatic rings. The minimum Gasteiger partial charge on any atom is -0.619 e. The van der Waals surface area contributed by atoms with E-state index in [1.807, 2.05) is 24.3 Å². The highest BCUT2D eigenvalue weighted by Gasteiger charge is 2.38. The van der Waals surface area contributed by atoms with Crippen LogP contribution in [0.15, 0.2) is 79.1 Å². The third kappa shape index (κ3) is 10.3. The average molecular weight is 827 g/mol. The van der Waals surface area contributed by atoms with Crippen LogP contribution in [0.4, 0.5) is 8.78 Å². The minimum absolute atomic E-state index is 0.0473. The van der Waals surface area contributed by atoms with E-state index in [9.17, 15) is 23.6 Å². The normalized spacial score (nSPS) is 19.8. The van der Waals surface area contributed by atoms with Crippen molar-refractivity contribution in [2.45, 2.75) is 63.5 Å². The summed E-state index contributed by atoms with van der Waals surface area (Å²) in [6, 6.07) is 17.5. The second-order valence-corrected chi connectivity index (χ2v) is 15.4. The second kappa shape index (κ2) is 18.3. The van der Waals surface area contributed by atoms with Crippen LogP contribution < -0.4 is 24.3 Å². The van der Waals surface area contributed by atoms with E-state index in [0.717, 1.165) is 51.2 Å². The molecule has 11 nitrogen and oxygen atoms in total. The molecule has 4 fully saturated rings. The number of hydrogen-bond acceptors (Lipinski definition) is 10. The van der Waals surface area contributed by atoms with Crippen LogP contribution in [0, 0.1) is 17.0 Å². The molecular weight excluding hydrogens is 783 g/mol. The van der Waals surface area contributed by atoms with Crippen LogP contribution in [0.3, 0.4) is 0 Å². The van der Waals surface area contributed by atoms with Crippen LogP contribution in [0.5, 0.6) is 17.2 Å². The smallest absolute Gasteiger partial charge is 0.387 e. The van der Waals surface area contributed by atoms with Gasteiger partial charge >= 0.3 is 18.6 Å². The van der Waals surface area contributed by atoms with Crippen molar-refractivity contribution in [2.75, 3.05) is 33.4 Å². The van der Waals surface area contributed by atoms with E-state index in [1.165, 1.54) is 18.2 Å². The third-order valence-corrected chi connectivity index (χ3v) is 11.3. The molecule has 1 saturated carbocycles. The number of hydrogen-bond donors (Lipinski definition) is 1. The monoisotopic (exact) mass is 825 g/mol. The molecule has 3 atom stereocenters. The first-order chi connectivity index (χ1) is 27.5. The number of nitrogens with one attached hydrogen (secondary N) is 1. The van der Waals surface area contributed by atoms with E-state index in [4.69, 9.17) is 46.9 Å². The number of para-hydroxylation sites is 1. The first kappa shape index (κ1) is 40.5. The number of piperidine rings is 3. The van der Waals surface area contributed by atoms with Gasteiger partial charge in [-0.15, -0.1) is 0 Å². The van der Waals surface area contributed by atoms with Gasteiger partial charge in [0.25, 0.3) is 0 Å². The zero-order chi connectivity index (χ0) is 40.1. The summed E-state index contributed by atoms with van der Waals surface area (Å²) < 4.78 is 55.6. The molecule has 3 aliphatic heterocycles. The zero-order valence-corrected chi connectivity index (χ0v) is 32.7. The van der Waals surface area contributed by atoms with Gasteiger partial charge in [-0.3, -0.25) is 10.2 Å². The Morgan fingerprint density at radius 2 is 1.70 bits per heavy atom. The number of aromatic nitrogens is 1. The highest BCUT2D eigenvalue weighted by atomic mass is 35.5. The first-order valence-corrected chi connectivity index (χ1v) is 19.7. The van der Waals surface area contributed by atoms with Gasteiger partial charge in [-0.1, -0.05) is 59.6 Å². The van der Waals surface area contributed by atoms with Crippen molar-refractivity contribution in [1.29, 1.82) is 0 Å². The Kier molecular flexibility index (Phi) is 13.0. The topological polar surface area (TPSA) is 122 Å². The molecule has 1 N–H and O–H groups in total. The summed E-state index contributed by atoms with van der Waals surface area (Å²) in [5.74, 6) is -0.0579. The Balaban J connectivity index is 1.12. The van der Waals surface area contributed by atoms with Gasteiger partial charge in [0.15, 0.2) is 23.9 Å². The Hall–Kier alpha value is -4.69. The lowest BCUT2D eigenvalue weighted by molar-refractivity contribution is -0.605. The Bertz CT molecular complexity index is 2040. The summed E-state index contributed by atoms with van der Waals surface area (Å²) in [7, 11) is 1.55. The molecule has 4 heterocycles. The summed E-state index contributed by atoms with van der Waals surface area (Å²) >= 11 is 12.9. The van der Waals surface area contributed by atoms with Crippen LogP contribution in [-0.2, 0) is 27.2 Å². The standard InChI is InChI=1S/C42H43Cl2F2N3O8/c1-53-34-8-3-2-7-30(34)39(41(51)56-38-23-48-15-13-27(38)14-16-48)47-20-26-5-4-6-29(17-26)40(50)55-36(19-31-32(43)21-49(52)22-33(31)44)28-11-12-35(57-42(45)46)37(18-28)54-24-25-9-10-25/h2-8,11-12,17-18,21-22,25,27,36,38-39,42,47H,9-10,13-16,19-20,23-24H2,1H3/t36-,38-,39?/m0/s1. The molecule has 0 radical (unpaired) electrons. The Morgan fingerprint density at radius 1 is 0.947 bits per heavy atom. The predicted molar refractivity (Wildman–Crippen MR) is 207 cm³/mol. The van der Waals surface area contributed by atoms with Crippen molar-refractivity contribution in [3.8, 4) is 17.2 Å². The summed E-state index contributed by atoms with van der Waals surface area (Å²) in [5, 5.41) is 15.4.